The van der Waals surface area contributed by atoms with E-state index in [0.717, 1.165) is 36.8 Å². The fourth-order valence-corrected chi connectivity index (χ4v) is 4.08. The van der Waals surface area contributed by atoms with E-state index in [1.165, 1.54) is 7.11 Å². The van der Waals surface area contributed by atoms with E-state index >= 15 is 0 Å². The summed E-state index contributed by atoms with van der Waals surface area (Å²) in [6.45, 7) is 6.62. The van der Waals surface area contributed by atoms with Crippen LogP contribution in [0.1, 0.15) is 61.0 Å². The molecule has 5 heteroatoms. The van der Waals surface area contributed by atoms with E-state index in [2.05, 4.69) is 11.4 Å². The van der Waals surface area contributed by atoms with E-state index in [0.29, 0.717) is 29.5 Å². The lowest BCUT2D eigenvalue weighted by molar-refractivity contribution is -0.121. The first-order chi connectivity index (χ1) is 14.4. The molecular formula is C25H31NO4. The Kier molecular flexibility index (Phi) is 6.80. The van der Waals surface area contributed by atoms with Gasteiger partial charge in [0.25, 0.3) is 0 Å². The average Bonchev–Trinajstić information content (AvgIpc) is 3.23. The number of carbonyl (C=O) groups is 2. The number of esters is 1. The molecule has 0 radical (unpaired) electrons. The molecule has 0 atom stereocenters. The van der Waals surface area contributed by atoms with Gasteiger partial charge >= 0.3 is 5.97 Å². The molecule has 1 aliphatic rings. The molecule has 3 rings (SSSR count). The topological polar surface area (TPSA) is 64.6 Å². The first-order valence-corrected chi connectivity index (χ1v) is 10.6. The highest BCUT2D eigenvalue weighted by molar-refractivity contribution is 6.01. The summed E-state index contributed by atoms with van der Waals surface area (Å²) in [7, 11) is 1.34. The number of benzene rings is 2. The third-order valence-electron chi connectivity index (χ3n) is 5.68. The van der Waals surface area contributed by atoms with Crippen LogP contribution in [0.4, 0.5) is 5.69 Å². The van der Waals surface area contributed by atoms with Gasteiger partial charge in [-0.15, -0.1) is 0 Å². The number of amides is 1. The molecule has 0 bridgehead atoms. The van der Waals surface area contributed by atoms with Crippen LogP contribution in [-0.2, 0) is 14.9 Å². The third kappa shape index (κ3) is 4.66. The Hall–Kier alpha value is -2.82. The molecule has 0 aromatic heterocycles. The third-order valence-corrected chi connectivity index (χ3v) is 5.68. The maximum absolute atomic E-state index is 13.4. The summed E-state index contributed by atoms with van der Waals surface area (Å²) < 4.78 is 10.7. The number of ether oxygens (including phenoxy) is 2. The van der Waals surface area contributed by atoms with Gasteiger partial charge < -0.3 is 14.8 Å². The Morgan fingerprint density at radius 3 is 2.47 bits per heavy atom. The molecule has 0 heterocycles. The number of carbonyl (C=O) groups excluding carboxylic acids is 2. The number of aryl methyl sites for hydroxylation is 1. The van der Waals surface area contributed by atoms with Crippen LogP contribution in [0.15, 0.2) is 42.5 Å². The summed E-state index contributed by atoms with van der Waals surface area (Å²) in [6.07, 6.45) is 3.69. The number of hydrogen-bond donors (Lipinski definition) is 1. The maximum atomic E-state index is 13.4. The molecule has 1 fully saturated rings. The summed E-state index contributed by atoms with van der Waals surface area (Å²) >= 11 is 0. The molecule has 160 valence electrons. The Morgan fingerprint density at radius 1 is 1.10 bits per heavy atom. The molecular weight excluding hydrogens is 378 g/mol. The lowest BCUT2D eigenvalue weighted by Gasteiger charge is -2.29. The second kappa shape index (κ2) is 9.33. The van der Waals surface area contributed by atoms with E-state index < -0.39 is 11.4 Å². The summed E-state index contributed by atoms with van der Waals surface area (Å²) in [4.78, 5) is 25.7. The van der Waals surface area contributed by atoms with Crippen molar-refractivity contribution in [2.24, 2.45) is 5.92 Å². The van der Waals surface area contributed by atoms with Crippen LogP contribution in [0.5, 0.6) is 5.75 Å². The SMILES string of the molecule is COC(=O)c1cc(NC(=O)C2(c3cccc(C)c3)CCCC2)ccc1OCC(C)C. The Bertz CT molecular complexity index is 913. The molecule has 1 amide bonds. The molecule has 0 saturated heterocycles. The van der Waals surface area contributed by atoms with E-state index in [9.17, 15) is 9.59 Å². The van der Waals surface area contributed by atoms with Crippen molar-refractivity contribution >= 4 is 17.6 Å². The van der Waals surface area contributed by atoms with Crippen molar-refractivity contribution in [1.82, 2.24) is 0 Å². The van der Waals surface area contributed by atoms with Crippen LogP contribution in [0, 0.1) is 12.8 Å². The molecule has 0 spiro atoms. The van der Waals surface area contributed by atoms with Crippen LogP contribution in [0.25, 0.3) is 0 Å². The van der Waals surface area contributed by atoms with E-state index in [1.54, 1.807) is 18.2 Å². The quantitative estimate of drug-likeness (QED) is 0.633. The zero-order valence-corrected chi connectivity index (χ0v) is 18.3. The van der Waals surface area contributed by atoms with Gasteiger partial charge in [-0.25, -0.2) is 4.79 Å². The molecule has 5 nitrogen and oxygen atoms in total. The smallest absolute Gasteiger partial charge is 0.341 e. The zero-order valence-electron chi connectivity index (χ0n) is 18.3. The first-order valence-electron chi connectivity index (χ1n) is 10.6. The van der Waals surface area contributed by atoms with Crippen molar-refractivity contribution in [2.45, 2.75) is 51.9 Å². The molecule has 0 unspecified atom stereocenters. The van der Waals surface area contributed by atoms with Gasteiger partial charge in [-0.3, -0.25) is 4.79 Å². The van der Waals surface area contributed by atoms with Crippen molar-refractivity contribution in [3.8, 4) is 5.75 Å². The molecule has 2 aromatic carbocycles. The molecule has 1 aliphatic carbocycles. The van der Waals surface area contributed by atoms with Crippen molar-refractivity contribution < 1.29 is 19.1 Å². The average molecular weight is 410 g/mol. The van der Waals surface area contributed by atoms with Crippen molar-refractivity contribution in [3.05, 3.63) is 59.2 Å². The fourth-order valence-electron chi connectivity index (χ4n) is 4.08. The molecule has 1 N–H and O–H groups in total. The van der Waals surface area contributed by atoms with Crippen LogP contribution >= 0.6 is 0 Å². The molecule has 30 heavy (non-hydrogen) atoms. The number of rotatable bonds is 7. The zero-order chi connectivity index (χ0) is 21.7. The van der Waals surface area contributed by atoms with Gasteiger partial charge in [0.1, 0.15) is 11.3 Å². The molecule has 2 aromatic rings. The maximum Gasteiger partial charge on any atom is 0.341 e. The van der Waals surface area contributed by atoms with Crippen molar-refractivity contribution in [3.63, 3.8) is 0 Å². The highest BCUT2D eigenvalue weighted by Crippen LogP contribution is 2.42. The predicted molar refractivity (Wildman–Crippen MR) is 118 cm³/mol. The normalized spacial score (nSPS) is 15.1. The van der Waals surface area contributed by atoms with Crippen LogP contribution in [0.3, 0.4) is 0 Å². The Labute approximate surface area is 178 Å². The van der Waals surface area contributed by atoms with Gasteiger partial charge in [0.2, 0.25) is 5.91 Å². The summed E-state index contributed by atoms with van der Waals surface area (Å²) in [5.74, 6) is 0.269. The number of anilines is 1. The lowest BCUT2D eigenvalue weighted by Crippen LogP contribution is -2.38. The van der Waals surface area contributed by atoms with Gasteiger partial charge in [0.05, 0.1) is 19.1 Å². The van der Waals surface area contributed by atoms with E-state index in [4.69, 9.17) is 9.47 Å². The Morgan fingerprint density at radius 2 is 1.83 bits per heavy atom. The summed E-state index contributed by atoms with van der Waals surface area (Å²) in [5, 5.41) is 3.05. The highest BCUT2D eigenvalue weighted by Gasteiger charge is 2.42. The van der Waals surface area contributed by atoms with Crippen LogP contribution in [-0.4, -0.2) is 25.6 Å². The minimum atomic E-state index is -0.537. The number of methoxy groups -OCH3 is 1. The van der Waals surface area contributed by atoms with E-state index in [-0.39, 0.29) is 5.91 Å². The molecule has 0 aliphatic heterocycles. The summed E-state index contributed by atoms with van der Waals surface area (Å²) in [5.41, 5.74) is 2.54. The van der Waals surface area contributed by atoms with Crippen LogP contribution < -0.4 is 10.1 Å². The minimum absolute atomic E-state index is 0.0303. The first kappa shape index (κ1) is 21.9. The fraction of sp³-hybridized carbons (Fsp3) is 0.440. The predicted octanol–water partition coefficient (Wildman–Crippen LogP) is 5.27. The number of nitrogens with one attached hydrogen (secondary N) is 1. The van der Waals surface area contributed by atoms with Gasteiger partial charge in [0.15, 0.2) is 0 Å². The monoisotopic (exact) mass is 409 g/mol. The van der Waals surface area contributed by atoms with Gasteiger partial charge in [0, 0.05) is 5.69 Å². The van der Waals surface area contributed by atoms with Crippen LogP contribution in [0.2, 0.25) is 0 Å². The van der Waals surface area contributed by atoms with Crippen molar-refractivity contribution in [2.75, 3.05) is 19.0 Å². The lowest BCUT2D eigenvalue weighted by atomic mass is 9.77. The van der Waals surface area contributed by atoms with Gasteiger partial charge in [-0.1, -0.05) is 56.5 Å². The second-order valence-electron chi connectivity index (χ2n) is 8.52. The second-order valence-corrected chi connectivity index (χ2v) is 8.52. The molecule has 1 saturated carbocycles. The van der Waals surface area contributed by atoms with Crippen molar-refractivity contribution in [1.29, 1.82) is 0 Å². The van der Waals surface area contributed by atoms with E-state index in [1.807, 2.05) is 39.0 Å². The largest absolute Gasteiger partial charge is 0.492 e. The number of hydrogen-bond acceptors (Lipinski definition) is 4. The minimum Gasteiger partial charge on any atom is -0.492 e. The summed E-state index contributed by atoms with van der Waals surface area (Å²) in [6, 6.07) is 13.3. The van der Waals surface area contributed by atoms with Gasteiger partial charge in [-0.05, 0) is 49.4 Å². The standard InChI is InChI=1S/C25H31NO4/c1-17(2)16-30-22-11-10-20(15-21(22)23(27)29-4)26-24(28)25(12-5-6-13-25)19-9-7-8-18(3)14-19/h7-11,14-15,17H,5-6,12-13,16H2,1-4H3,(H,26,28). The van der Waals surface area contributed by atoms with Gasteiger partial charge in [-0.2, -0.15) is 0 Å². The Balaban J connectivity index is 1.88. The highest BCUT2D eigenvalue weighted by atomic mass is 16.5.